The number of benzene rings is 1. The zero-order valence-corrected chi connectivity index (χ0v) is 9.47. The minimum atomic E-state index is -0.485. The van der Waals surface area contributed by atoms with Crippen molar-refractivity contribution < 1.29 is 9.66 Å². The molecule has 0 atom stereocenters. The lowest BCUT2D eigenvalue weighted by Gasteiger charge is -2.07. The fourth-order valence-corrected chi connectivity index (χ4v) is 1.25. The van der Waals surface area contributed by atoms with Gasteiger partial charge in [0, 0.05) is 12.7 Å². The summed E-state index contributed by atoms with van der Waals surface area (Å²) in [6, 6.07) is 4.73. The van der Waals surface area contributed by atoms with Crippen LogP contribution in [-0.4, -0.2) is 11.5 Å². The molecule has 0 aliphatic carbocycles. The summed E-state index contributed by atoms with van der Waals surface area (Å²) in [6.45, 7) is 5.11. The molecule has 0 unspecified atom stereocenters. The molecule has 5 nitrogen and oxygen atoms in total. The third-order valence-electron chi connectivity index (χ3n) is 2.01. The molecule has 16 heavy (non-hydrogen) atoms. The number of hydrogen-bond acceptors (Lipinski definition) is 4. The first-order valence-electron chi connectivity index (χ1n) is 5.11. The normalized spacial score (nSPS) is 10.7. The molecule has 0 heterocycles. The van der Waals surface area contributed by atoms with Gasteiger partial charge in [-0.25, -0.2) is 0 Å². The molecule has 0 radical (unpaired) electrons. The van der Waals surface area contributed by atoms with Gasteiger partial charge >= 0.3 is 0 Å². The van der Waals surface area contributed by atoms with Crippen LogP contribution >= 0.6 is 0 Å². The summed E-state index contributed by atoms with van der Waals surface area (Å²) in [6.07, 6.45) is 0. The number of ether oxygens (including phenoxy) is 1. The van der Waals surface area contributed by atoms with Crippen molar-refractivity contribution in [3.05, 3.63) is 33.9 Å². The van der Waals surface area contributed by atoms with Crippen molar-refractivity contribution in [1.82, 2.24) is 0 Å². The molecule has 2 N–H and O–H groups in total. The molecular formula is C11H16N2O3. The number of nitrogens with two attached hydrogens (primary N) is 1. The molecule has 0 aliphatic heterocycles. The maximum atomic E-state index is 10.6. The highest BCUT2D eigenvalue weighted by Gasteiger charge is 2.11. The Morgan fingerprint density at radius 1 is 1.50 bits per heavy atom. The molecule has 0 amide bonds. The quantitative estimate of drug-likeness (QED) is 0.473. The van der Waals surface area contributed by atoms with Gasteiger partial charge in [-0.05, 0) is 17.5 Å². The summed E-state index contributed by atoms with van der Waals surface area (Å²) < 4.78 is 5.39. The number of nitrogens with zero attached hydrogens (tertiary/aromatic N) is 1. The maximum Gasteiger partial charge on any atom is 0.292 e. The predicted octanol–water partition coefficient (Wildman–Crippen LogP) is 2.35. The largest absolute Gasteiger partial charge is 0.393 e. The van der Waals surface area contributed by atoms with Crippen molar-refractivity contribution >= 4 is 11.4 Å². The SMILES string of the molecule is CC(C)COCc1ccc(N)c([N+](=O)[O-])c1. The van der Waals surface area contributed by atoms with Crippen LogP contribution in [0.25, 0.3) is 0 Å². The van der Waals surface area contributed by atoms with Crippen molar-refractivity contribution in [2.24, 2.45) is 5.92 Å². The second-order valence-corrected chi connectivity index (χ2v) is 4.06. The monoisotopic (exact) mass is 224 g/mol. The molecule has 0 aromatic heterocycles. The first-order valence-corrected chi connectivity index (χ1v) is 5.11. The maximum absolute atomic E-state index is 10.6. The lowest BCUT2D eigenvalue weighted by atomic mass is 10.2. The highest BCUT2D eigenvalue weighted by molar-refractivity contribution is 5.59. The van der Waals surface area contributed by atoms with E-state index >= 15 is 0 Å². The van der Waals surface area contributed by atoms with Crippen molar-refractivity contribution in [2.75, 3.05) is 12.3 Å². The van der Waals surface area contributed by atoms with Crippen molar-refractivity contribution in [1.29, 1.82) is 0 Å². The van der Waals surface area contributed by atoms with Crippen molar-refractivity contribution in [2.45, 2.75) is 20.5 Å². The third-order valence-corrected chi connectivity index (χ3v) is 2.01. The van der Waals surface area contributed by atoms with E-state index in [9.17, 15) is 10.1 Å². The van der Waals surface area contributed by atoms with Gasteiger partial charge in [-0.3, -0.25) is 10.1 Å². The topological polar surface area (TPSA) is 78.4 Å². The van der Waals surface area contributed by atoms with Crippen LogP contribution in [0.4, 0.5) is 11.4 Å². The van der Waals surface area contributed by atoms with Crippen LogP contribution in [0.2, 0.25) is 0 Å². The van der Waals surface area contributed by atoms with Gasteiger partial charge in [-0.15, -0.1) is 0 Å². The first kappa shape index (κ1) is 12.4. The van der Waals surface area contributed by atoms with E-state index in [2.05, 4.69) is 0 Å². The van der Waals surface area contributed by atoms with Gasteiger partial charge in [0.1, 0.15) is 5.69 Å². The fourth-order valence-electron chi connectivity index (χ4n) is 1.25. The summed E-state index contributed by atoms with van der Waals surface area (Å²) >= 11 is 0. The molecule has 0 bridgehead atoms. The molecule has 1 aromatic rings. The van der Waals surface area contributed by atoms with Gasteiger partial charge in [0.25, 0.3) is 5.69 Å². The van der Waals surface area contributed by atoms with Crippen LogP contribution < -0.4 is 5.73 Å². The zero-order valence-electron chi connectivity index (χ0n) is 9.47. The van der Waals surface area contributed by atoms with Gasteiger partial charge in [-0.1, -0.05) is 19.9 Å². The van der Waals surface area contributed by atoms with E-state index in [1.807, 2.05) is 13.8 Å². The number of nitro benzene ring substituents is 1. The number of anilines is 1. The Balaban J connectivity index is 2.68. The van der Waals surface area contributed by atoms with Crippen LogP contribution in [0.15, 0.2) is 18.2 Å². The standard InChI is InChI=1S/C11H16N2O3/c1-8(2)6-16-7-9-3-4-10(12)11(5-9)13(14)15/h3-5,8H,6-7,12H2,1-2H3. The molecule has 1 rings (SSSR count). The summed E-state index contributed by atoms with van der Waals surface area (Å²) in [5.41, 5.74) is 6.36. The molecular weight excluding hydrogens is 208 g/mol. The van der Waals surface area contributed by atoms with Crippen molar-refractivity contribution in [3.8, 4) is 0 Å². The van der Waals surface area contributed by atoms with Gasteiger partial charge in [-0.2, -0.15) is 0 Å². The molecule has 0 spiro atoms. The summed E-state index contributed by atoms with van der Waals surface area (Å²) in [4.78, 5) is 10.2. The lowest BCUT2D eigenvalue weighted by Crippen LogP contribution is -2.03. The van der Waals surface area contributed by atoms with Gasteiger partial charge in [0.2, 0.25) is 0 Å². The van der Waals surface area contributed by atoms with E-state index in [1.54, 1.807) is 6.07 Å². The predicted molar refractivity (Wildman–Crippen MR) is 62.0 cm³/mol. The molecule has 0 saturated carbocycles. The van der Waals surface area contributed by atoms with E-state index in [-0.39, 0.29) is 11.4 Å². The number of nitrogen functional groups attached to an aromatic ring is 1. The van der Waals surface area contributed by atoms with Gasteiger partial charge in [0.05, 0.1) is 11.5 Å². The summed E-state index contributed by atoms with van der Waals surface area (Å²) in [7, 11) is 0. The Hall–Kier alpha value is -1.62. The third kappa shape index (κ3) is 3.51. The first-order chi connectivity index (χ1) is 7.50. The Kier molecular flexibility index (Phi) is 4.25. The highest BCUT2D eigenvalue weighted by Crippen LogP contribution is 2.22. The summed E-state index contributed by atoms with van der Waals surface area (Å²) in [5, 5.41) is 10.6. The fraction of sp³-hybridized carbons (Fsp3) is 0.455. The van der Waals surface area contributed by atoms with Crippen LogP contribution in [0, 0.1) is 16.0 Å². The average molecular weight is 224 g/mol. The van der Waals surface area contributed by atoms with Crippen LogP contribution in [0.3, 0.4) is 0 Å². The van der Waals surface area contributed by atoms with Crippen molar-refractivity contribution in [3.63, 3.8) is 0 Å². The van der Waals surface area contributed by atoms with Crippen LogP contribution in [0.1, 0.15) is 19.4 Å². The van der Waals surface area contributed by atoms with Gasteiger partial charge < -0.3 is 10.5 Å². The molecule has 88 valence electrons. The van der Waals surface area contributed by atoms with E-state index in [0.717, 1.165) is 5.56 Å². The Labute approximate surface area is 94.4 Å². The second-order valence-electron chi connectivity index (χ2n) is 4.06. The minimum absolute atomic E-state index is 0.0642. The van der Waals surface area contributed by atoms with E-state index in [0.29, 0.717) is 19.1 Å². The molecule has 1 aromatic carbocycles. The Morgan fingerprint density at radius 3 is 2.75 bits per heavy atom. The molecule has 0 fully saturated rings. The second kappa shape index (κ2) is 5.46. The number of nitro groups is 1. The van der Waals surface area contributed by atoms with E-state index in [4.69, 9.17) is 10.5 Å². The minimum Gasteiger partial charge on any atom is -0.393 e. The number of hydrogen-bond donors (Lipinski definition) is 1. The smallest absolute Gasteiger partial charge is 0.292 e. The Morgan fingerprint density at radius 2 is 2.19 bits per heavy atom. The number of rotatable bonds is 5. The summed E-state index contributed by atoms with van der Waals surface area (Å²) in [5.74, 6) is 0.448. The van der Waals surface area contributed by atoms with Crippen LogP contribution in [0.5, 0.6) is 0 Å². The molecule has 0 saturated heterocycles. The Bertz CT molecular complexity index is 377. The van der Waals surface area contributed by atoms with E-state index < -0.39 is 4.92 Å². The zero-order chi connectivity index (χ0) is 12.1. The average Bonchev–Trinajstić information content (AvgIpc) is 2.19. The van der Waals surface area contributed by atoms with Gasteiger partial charge in [0.15, 0.2) is 0 Å². The molecule has 0 aliphatic rings. The highest BCUT2D eigenvalue weighted by atomic mass is 16.6. The van der Waals surface area contributed by atoms with Crippen LogP contribution in [-0.2, 0) is 11.3 Å². The molecule has 5 heteroatoms. The van der Waals surface area contributed by atoms with E-state index in [1.165, 1.54) is 12.1 Å². The lowest BCUT2D eigenvalue weighted by molar-refractivity contribution is -0.384.